The van der Waals surface area contributed by atoms with Gasteiger partial charge in [-0.25, -0.2) is 0 Å². The van der Waals surface area contributed by atoms with Gasteiger partial charge >= 0.3 is 0 Å². The zero-order chi connectivity index (χ0) is 16.7. The van der Waals surface area contributed by atoms with Crippen molar-refractivity contribution in [2.24, 2.45) is 0 Å². The Kier molecular flexibility index (Phi) is 3.34. The van der Waals surface area contributed by atoms with Gasteiger partial charge in [-0.3, -0.25) is 9.89 Å². The summed E-state index contributed by atoms with van der Waals surface area (Å²) in [6.07, 6.45) is 0. The fourth-order valence-corrected chi connectivity index (χ4v) is 3.20. The van der Waals surface area contributed by atoms with Crippen molar-refractivity contribution >= 4 is 33.4 Å². The molecule has 5 nitrogen and oxygen atoms in total. The molecule has 0 spiro atoms. The molecule has 5 heteroatoms. The molecule has 0 aliphatic carbocycles. The number of carbonyl (C=O) groups excluding carboxylic acids is 1. The number of aromatic amines is 1. The molecule has 0 fully saturated rings. The van der Waals surface area contributed by atoms with Gasteiger partial charge in [0, 0.05) is 39.7 Å². The van der Waals surface area contributed by atoms with Crippen LogP contribution in [0.1, 0.15) is 23.1 Å². The number of rotatable bonds is 3. The molecule has 4 rings (SSSR count). The molecule has 2 N–H and O–H groups in total. The van der Waals surface area contributed by atoms with E-state index in [1.807, 2.05) is 25.1 Å². The lowest BCUT2D eigenvalue weighted by Gasteiger charge is -2.05. The second kappa shape index (κ2) is 5.53. The van der Waals surface area contributed by atoms with Crippen molar-refractivity contribution in [1.29, 1.82) is 0 Å². The van der Waals surface area contributed by atoms with Crippen LogP contribution in [-0.4, -0.2) is 20.7 Å². The minimum absolute atomic E-state index is 0.210. The molecule has 0 saturated carbocycles. The maximum atomic E-state index is 12.3. The van der Waals surface area contributed by atoms with E-state index in [1.165, 1.54) is 16.4 Å². The van der Waals surface area contributed by atoms with Crippen molar-refractivity contribution < 1.29 is 4.79 Å². The number of aromatic nitrogens is 3. The van der Waals surface area contributed by atoms with Crippen LogP contribution in [0.5, 0.6) is 0 Å². The molecule has 2 aromatic heterocycles. The fourth-order valence-electron chi connectivity index (χ4n) is 3.20. The molecular formula is C19H18N4O. The number of nitrogens with zero attached hydrogens (tertiary/aromatic N) is 2. The Morgan fingerprint density at radius 1 is 1.12 bits per heavy atom. The molecule has 24 heavy (non-hydrogen) atoms. The molecule has 120 valence electrons. The first-order chi connectivity index (χ1) is 11.7. The fraction of sp³-hybridized carbons (Fsp3) is 0.158. The van der Waals surface area contributed by atoms with E-state index >= 15 is 0 Å². The molecule has 4 aromatic rings. The minimum Gasteiger partial charge on any atom is -0.341 e. The highest BCUT2D eigenvalue weighted by Gasteiger charge is 2.12. The number of para-hydroxylation sites is 1. The third kappa shape index (κ3) is 2.25. The highest BCUT2D eigenvalue weighted by atomic mass is 16.1. The van der Waals surface area contributed by atoms with Crippen molar-refractivity contribution in [1.82, 2.24) is 14.8 Å². The number of fused-ring (bicyclic) bond motifs is 3. The minimum atomic E-state index is -0.210. The number of aryl methyl sites for hydroxylation is 2. The summed E-state index contributed by atoms with van der Waals surface area (Å²) in [4.78, 5) is 12.3. The monoisotopic (exact) mass is 318 g/mol. The summed E-state index contributed by atoms with van der Waals surface area (Å²) in [5.41, 5.74) is 4.41. The van der Waals surface area contributed by atoms with E-state index in [0.717, 1.165) is 23.3 Å². The Bertz CT molecular complexity index is 1060. The SMILES string of the molecule is CCn1c2ccccc2c2cc(NC(=O)c3cc(C)[nH]n3)ccc21. The first-order valence-electron chi connectivity index (χ1n) is 8.01. The quantitative estimate of drug-likeness (QED) is 0.597. The van der Waals surface area contributed by atoms with Gasteiger partial charge < -0.3 is 9.88 Å². The van der Waals surface area contributed by atoms with E-state index in [-0.39, 0.29) is 5.91 Å². The summed E-state index contributed by atoms with van der Waals surface area (Å²) in [6, 6.07) is 16.1. The van der Waals surface area contributed by atoms with Crippen LogP contribution in [-0.2, 0) is 6.54 Å². The molecule has 0 saturated heterocycles. The first-order valence-corrected chi connectivity index (χ1v) is 8.01. The van der Waals surface area contributed by atoms with Gasteiger partial charge in [-0.15, -0.1) is 0 Å². The summed E-state index contributed by atoms with van der Waals surface area (Å²) in [5, 5.41) is 12.0. The molecule has 0 aliphatic rings. The molecule has 0 unspecified atom stereocenters. The Morgan fingerprint density at radius 2 is 1.92 bits per heavy atom. The van der Waals surface area contributed by atoms with Gasteiger partial charge in [0.2, 0.25) is 0 Å². The van der Waals surface area contributed by atoms with Crippen LogP contribution >= 0.6 is 0 Å². The number of benzene rings is 2. The van der Waals surface area contributed by atoms with Gasteiger partial charge in [0.1, 0.15) is 0 Å². The van der Waals surface area contributed by atoms with Crippen molar-refractivity contribution in [3.05, 3.63) is 59.9 Å². The molecule has 0 atom stereocenters. The van der Waals surface area contributed by atoms with Crippen LogP contribution in [0.4, 0.5) is 5.69 Å². The van der Waals surface area contributed by atoms with Crippen LogP contribution in [0.25, 0.3) is 21.8 Å². The van der Waals surface area contributed by atoms with Gasteiger partial charge in [-0.1, -0.05) is 18.2 Å². The van der Waals surface area contributed by atoms with Crippen molar-refractivity contribution in [2.45, 2.75) is 20.4 Å². The van der Waals surface area contributed by atoms with Crippen LogP contribution in [0.3, 0.4) is 0 Å². The largest absolute Gasteiger partial charge is 0.341 e. The zero-order valence-corrected chi connectivity index (χ0v) is 13.6. The highest BCUT2D eigenvalue weighted by Crippen LogP contribution is 2.31. The van der Waals surface area contributed by atoms with E-state index in [9.17, 15) is 4.79 Å². The van der Waals surface area contributed by atoms with Crippen LogP contribution in [0.2, 0.25) is 0 Å². The molecule has 1 amide bonds. The first kappa shape index (κ1) is 14.5. The third-order valence-corrected chi connectivity index (χ3v) is 4.29. The molecule has 0 bridgehead atoms. The number of H-pyrrole nitrogens is 1. The topological polar surface area (TPSA) is 62.7 Å². The Labute approximate surface area is 139 Å². The van der Waals surface area contributed by atoms with E-state index < -0.39 is 0 Å². The predicted octanol–water partition coefficient (Wildman–Crippen LogP) is 4.10. The Morgan fingerprint density at radius 3 is 2.67 bits per heavy atom. The summed E-state index contributed by atoms with van der Waals surface area (Å²) in [7, 11) is 0. The smallest absolute Gasteiger partial charge is 0.276 e. The molecule has 2 heterocycles. The Balaban J connectivity index is 1.78. The Hall–Kier alpha value is -3.08. The third-order valence-electron chi connectivity index (χ3n) is 4.29. The summed E-state index contributed by atoms with van der Waals surface area (Å²) >= 11 is 0. The van der Waals surface area contributed by atoms with Crippen molar-refractivity contribution in [3.63, 3.8) is 0 Å². The maximum absolute atomic E-state index is 12.3. The van der Waals surface area contributed by atoms with Gasteiger partial charge in [-0.2, -0.15) is 5.10 Å². The molecule has 2 aromatic carbocycles. The number of anilines is 1. The van der Waals surface area contributed by atoms with Gasteiger partial charge in [0.25, 0.3) is 5.91 Å². The number of carbonyl (C=O) groups is 1. The van der Waals surface area contributed by atoms with Crippen LogP contribution < -0.4 is 5.32 Å². The second-order valence-corrected chi connectivity index (χ2v) is 5.88. The normalized spacial score (nSPS) is 11.2. The molecule has 0 aliphatic heterocycles. The lowest BCUT2D eigenvalue weighted by molar-refractivity contribution is 0.102. The highest BCUT2D eigenvalue weighted by molar-refractivity contribution is 6.10. The predicted molar refractivity (Wildman–Crippen MR) is 96.4 cm³/mol. The van der Waals surface area contributed by atoms with Crippen LogP contribution in [0.15, 0.2) is 48.5 Å². The van der Waals surface area contributed by atoms with E-state index in [2.05, 4.69) is 51.3 Å². The van der Waals surface area contributed by atoms with E-state index in [0.29, 0.717) is 5.69 Å². The summed E-state index contributed by atoms with van der Waals surface area (Å²) < 4.78 is 2.29. The lowest BCUT2D eigenvalue weighted by Crippen LogP contribution is -2.12. The van der Waals surface area contributed by atoms with Crippen LogP contribution in [0, 0.1) is 6.92 Å². The van der Waals surface area contributed by atoms with Gasteiger partial charge in [0.05, 0.1) is 0 Å². The number of nitrogens with one attached hydrogen (secondary N) is 2. The molecule has 0 radical (unpaired) electrons. The lowest BCUT2D eigenvalue weighted by atomic mass is 10.1. The van der Waals surface area contributed by atoms with E-state index in [1.54, 1.807) is 6.07 Å². The van der Waals surface area contributed by atoms with Gasteiger partial charge in [0.15, 0.2) is 5.69 Å². The number of hydrogen-bond donors (Lipinski definition) is 2. The number of hydrogen-bond acceptors (Lipinski definition) is 2. The zero-order valence-electron chi connectivity index (χ0n) is 13.6. The average Bonchev–Trinajstić information content (AvgIpc) is 3.16. The number of amides is 1. The summed E-state index contributed by atoms with van der Waals surface area (Å²) in [6.45, 7) is 4.92. The van der Waals surface area contributed by atoms with Crippen molar-refractivity contribution in [3.8, 4) is 0 Å². The van der Waals surface area contributed by atoms with E-state index in [4.69, 9.17) is 0 Å². The average molecular weight is 318 g/mol. The summed E-state index contributed by atoms with van der Waals surface area (Å²) in [5.74, 6) is -0.210. The second-order valence-electron chi connectivity index (χ2n) is 5.88. The maximum Gasteiger partial charge on any atom is 0.276 e. The standard InChI is InChI=1S/C19H18N4O/c1-3-23-17-7-5-4-6-14(17)15-11-13(8-9-18(15)23)20-19(24)16-10-12(2)21-22-16/h4-11H,3H2,1-2H3,(H,20,24)(H,21,22). The van der Waals surface area contributed by atoms with Crippen molar-refractivity contribution in [2.75, 3.05) is 5.32 Å². The van der Waals surface area contributed by atoms with Gasteiger partial charge in [-0.05, 0) is 44.2 Å². The molecular weight excluding hydrogens is 300 g/mol.